The second-order valence-electron chi connectivity index (χ2n) is 4.69. The first-order valence-electron chi connectivity index (χ1n) is 6.53. The zero-order valence-corrected chi connectivity index (χ0v) is 14.4. The number of benzene rings is 1. The Morgan fingerprint density at radius 2 is 1.67 bits per heavy atom. The number of aryl methyl sites for hydroxylation is 2. The van der Waals surface area contributed by atoms with E-state index >= 15 is 0 Å². The average molecular weight is 327 g/mol. The Morgan fingerprint density at radius 1 is 1.00 bits per heavy atom. The summed E-state index contributed by atoms with van der Waals surface area (Å²) in [6, 6.07) is 5.91. The molecular formula is C16H19ClO3S. The van der Waals surface area contributed by atoms with Gasteiger partial charge in [0.1, 0.15) is 0 Å². The van der Waals surface area contributed by atoms with Crippen LogP contribution in [-0.2, 0) is 0 Å². The van der Waals surface area contributed by atoms with Gasteiger partial charge in [-0.2, -0.15) is 0 Å². The SMILES string of the molecule is COc1ccc(C(Cl)c2sc(C)cc2C)c(OC)c1OC. The molecule has 0 N–H and O–H groups in total. The van der Waals surface area contributed by atoms with Gasteiger partial charge in [-0.15, -0.1) is 22.9 Å². The molecule has 3 nitrogen and oxygen atoms in total. The standard InChI is InChI=1S/C16H19ClO3S/c1-9-8-10(2)21-16(9)13(17)11-6-7-12(18-3)15(20-5)14(11)19-4/h6-8,13H,1-5H3. The van der Waals surface area contributed by atoms with Gasteiger partial charge in [0.2, 0.25) is 5.75 Å². The zero-order valence-electron chi connectivity index (χ0n) is 12.8. The van der Waals surface area contributed by atoms with Crippen molar-refractivity contribution in [3.63, 3.8) is 0 Å². The predicted octanol–water partition coefficient (Wildman–Crippen LogP) is 4.72. The minimum atomic E-state index is -0.279. The summed E-state index contributed by atoms with van der Waals surface area (Å²) in [6.07, 6.45) is 0. The van der Waals surface area contributed by atoms with Gasteiger partial charge >= 0.3 is 0 Å². The maximum atomic E-state index is 6.69. The van der Waals surface area contributed by atoms with E-state index in [1.165, 1.54) is 10.4 Å². The number of alkyl halides is 1. The lowest BCUT2D eigenvalue weighted by Gasteiger charge is -2.18. The molecule has 0 spiro atoms. The molecule has 0 fully saturated rings. The molecule has 2 aromatic rings. The summed E-state index contributed by atoms with van der Waals surface area (Å²) in [5.74, 6) is 1.80. The molecule has 1 heterocycles. The van der Waals surface area contributed by atoms with E-state index in [0.29, 0.717) is 17.2 Å². The maximum Gasteiger partial charge on any atom is 0.203 e. The Kier molecular flexibility index (Phi) is 5.01. The normalized spacial score (nSPS) is 12.1. The van der Waals surface area contributed by atoms with E-state index in [0.717, 1.165) is 10.4 Å². The Balaban J connectivity index is 2.55. The predicted molar refractivity (Wildman–Crippen MR) is 87.6 cm³/mol. The summed E-state index contributed by atoms with van der Waals surface area (Å²) in [5.41, 5.74) is 2.07. The molecule has 0 amide bonds. The topological polar surface area (TPSA) is 27.7 Å². The molecule has 0 aliphatic rings. The molecule has 1 aromatic carbocycles. The van der Waals surface area contributed by atoms with E-state index in [1.807, 2.05) is 12.1 Å². The minimum absolute atomic E-state index is 0.279. The van der Waals surface area contributed by atoms with Crippen LogP contribution >= 0.6 is 22.9 Å². The van der Waals surface area contributed by atoms with E-state index in [9.17, 15) is 0 Å². The summed E-state index contributed by atoms with van der Waals surface area (Å²) in [5, 5.41) is -0.279. The molecule has 0 radical (unpaired) electrons. The van der Waals surface area contributed by atoms with Gasteiger partial charge in [0.15, 0.2) is 11.5 Å². The van der Waals surface area contributed by atoms with E-state index in [-0.39, 0.29) is 5.38 Å². The third-order valence-corrected chi connectivity index (χ3v) is 5.12. The number of halogens is 1. The Labute approximate surface area is 134 Å². The van der Waals surface area contributed by atoms with Crippen LogP contribution < -0.4 is 14.2 Å². The Hall–Kier alpha value is -1.39. The average Bonchev–Trinajstić information content (AvgIpc) is 2.83. The fraction of sp³-hybridized carbons (Fsp3) is 0.375. The number of ether oxygens (including phenoxy) is 3. The van der Waals surface area contributed by atoms with Crippen LogP contribution in [0.3, 0.4) is 0 Å². The molecule has 114 valence electrons. The van der Waals surface area contributed by atoms with Gasteiger partial charge in [0.25, 0.3) is 0 Å². The van der Waals surface area contributed by atoms with Crippen molar-refractivity contribution in [2.75, 3.05) is 21.3 Å². The summed E-state index contributed by atoms with van der Waals surface area (Å²) in [6.45, 7) is 4.15. The number of rotatable bonds is 5. The molecule has 0 saturated carbocycles. The highest BCUT2D eigenvalue weighted by atomic mass is 35.5. The van der Waals surface area contributed by atoms with Crippen LogP contribution in [0, 0.1) is 13.8 Å². The molecule has 0 aliphatic heterocycles. The van der Waals surface area contributed by atoms with Crippen LogP contribution in [0.2, 0.25) is 0 Å². The van der Waals surface area contributed by atoms with Crippen molar-refractivity contribution in [1.82, 2.24) is 0 Å². The molecule has 2 rings (SSSR count). The summed E-state index contributed by atoms with van der Waals surface area (Å²) in [4.78, 5) is 2.37. The van der Waals surface area contributed by atoms with Crippen molar-refractivity contribution in [1.29, 1.82) is 0 Å². The summed E-state index contributed by atoms with van der Waals surface area (Å²) < 4.78 is 16.2. The summed E-state index contributed by atoms with van der Waals surface area (Å²) in [7, 11) is 4.80. The van der Waals surface area contributed by atoms with Crippen molar-refractivity contribution < 1.29 is 14.2 Å². The highest BCUT2D eigenvalue weighted by molar-refractivity contribution is 7.12. The first-order valence-corrected chi connectivity index (χ1v) is 7.78. The fourth-order valence-corrected chi connectivity index (χ4v) is 3.89. The largest absolute Gasteiger partial charge is 0.493 e. The lowest BCUT2D eigenvalue weighted by Crippen LogP contribution is -2.01. The molecule has 1 atom stereocenters. The van der Waals surface area contributed by atoms with Gasteiger partial charge in [-0.05, 0) is 37.6 Å². The summed E-state index contributed by atoms with van der Waals surface area (Å²) >= 11 is 8.39. The van der Waals surface area contributed by atoms with Crippen LogP contribution in [-0.4, -0.2) is 21.3 Å². The first-order chi connectivity index (χ1) is 10.0. The van der Waals surface area contributed by atoms with Crippen LogP contribution in [0.25, 0.3) is 0 Å². The lowest BCUT2D eigenvalue weighted by atomic mass is 10.1. The van der Waals surface area contributed by atoms with Gasteiger partial charge in [-0.3, -0.25) is 0 Å². The van der Waals surface area contributed by atoms with Crippen LogP contribution in [0.5, 0.6) is 17.2 Å². The third-order valence-electron chi connectivity index (χ3n) is 3.32. The second-order valence-corrected chi connectivity index (χ2v) is 6.41. The fourth-order valence-electron chi connectivity index (χ4n) is 2.38. The molecular weight excluding hydrogens is 308 g/mol. The van der Waals surface area contributed by atoms with Gasteiger partial charge < -0.3 is 14.2 Å². The van der Waals surface area contributed by atoms with Gasteiger partial charge in [-0.25, -0.2) is 0 Å². The van der Waals surface area contributed by atoms with Gasteiger partial charge in [0.05, 0.1) is 26.7 Å². The number of thiophene rings is 1. The molecule has 0 saturated heterocycles. The van der Waals surface area contributed by atoms with Crippen molar-refractivity contribution >= 4 is 22.9 Å². The number of hydrogen-bond acceptors (Lipinski definition) is 4. The first kappa shape index (κ1) is 16.0. The van der Waals surface area contributed by atoms with E-state index in [2.05, 4.69) is 19.9 Å². The van der Waals surface area contributed by atoms with Crippen LogP contribution in [0.15, 0.2) is 18.2 Å². The maximum absolute atomic E-state index is 6.69. The smallest absolute Gasteiger partial charge is 0.203 e. The minimum Gasteiger partial charge on any atom is -0.493 e. The van der Waals surface area contributed by atoms with E-state index in [4.69, 9.17) is 25.8 Å². The van der Waals surface area contributed by atoms with Crippen molar-refractivity contribution in [2.45, 2.75) is 19.2 Å². The molecule has 1 aromatic heterocycles. The number of hydrogen-bond donors (Lipinski definition) is 0. The van der Waals surface area contributed by atoms with Crippen LogP contribution in [0.1, 0.15) is 26.3 Å². The highest BCUT2D eigenvalue weighted by Crippen LogP contribution is 2.47. The monoisotopic (exact) mass is 326 g/mol. The van der Waals surface area contributed by atoms with Crippen molar-refractivity contribution in [3.8, 4) is 17.2 Å². The Bertz CT molecular complexity index is 637. The Morgan fingerprint density at radius 3 is 2.14 bits per heavy atom. The molecule has 1 unspecified atom stereocenters. The van der Waals surface area contributed by atoms with Gasteiger partial charge in [0, 0.05) is 15.3 Å². The quantitative estimate of drug-likeness (QED) is 0.744. The zero-order chi connectivity index (χ0) is 15.6. The number of methoxy groups -OCH3 is 3. The van der Waals surface area contributed by atoms with E-state index < -0.39 is 0 Å². The molecule has 5 heteroatoms. The molecule has 0 aliphatic carbocycles. The van der Waals surface area contributed by atoms with E-state index in [1.54, 1.807) is 32.7 Å². The van der Waals surface area contributed by atoms with Gasteiger partial charge in [-0.1, -0.05) is 0 Å². The van der Waals surface area contributed by atoms with Crippen molar-refractivity contribution in [2.24, 2.45) is 0 Å². The van der Waals surface area contributed by atoms with Crippen molar-refractivity contribution in [3.05, 3.63) is 39.1 Å². The third kappa shape index (κ3) is 2.97. The molecule has 0 bridgehead atoms. The lowest BCUT2D eigenvalue weighted by molar-refractivity contribution is 0.322. The highest BCUT2D eigenvalue weighted by Gasteiger charge is 2.24. The molecule has 21 heavy (non-hydrogen) atoms. The second kappa shape index (κ2) is 6.58. The van der Waals surface area contributed by atoms with Crippen LogP contribution in [0.4, 0.5) is 0 Å².